The van der Waals surface area contributed by atoms with Crippen molar-refractivity contribution in [2.24, 2.45) is 5.73 Å². The average molecular weight is 369 g/mol. The first kappa shape index (κ1) is 16.6. The zero-order valence-electron chi connectivity index (χ0n) is 15.2. The molecule has 0 radical (unpaired) electrons. The van der Waals surface area contributed by atoms with Crippen LogP contribution in [0, 0.1) is 0 Å². The molecule has 6 heteroatoms. The Labute approximate surface area is 162 Å². The van der Waals surface area contributed by atoms with Crippen LogP contribution < -0.4 is 5.73 Å². The Morgan fingerprint density at radius 2 is 2.00 bits per heavy atom. The molecule has 138 valence electrons. The summed E-state index contributed by atoms with van der Waals surface area (Å²) in [6, 6.07) is 14.1. The van der Waals surface area contributed by atoms with Crippen molar-refractivity contribution in [3.8, 4) is 22.5 Å². The van der Waals surface area contributed by atoms with E-state index in [4.69, 9.17) is 10.7 Å². The second kappa shape index (κ2) is 6.56. The van der Waals surface area contributed by atoms with Gasteiger partial charge in [0.15, 0.2) is 0 Å². The Bertz CT molecular complexity index is 1190. The number of carbonyl (C=O) groups is 1. The lowest BCUT2D eigenvalue weighted by atomic mass is 10.0. The number of fused-ring (bicyclic) bond motifs is 1. The number of nitrogens with zero attached hydrogens (tertiary/aromatic N) is 4. The number of rotatable bonds is 5. The first-order valence-corrected chi connectivity index (χ1v) is 9.36. The quantitative estimate of drug-likeness (QED) is 0.584. The van der Waals surface area contributed by atoms with Crippen molar-refractivity contribution in [1.82, 2.24) is 19.4 Å². The van der Waals surface area contributed by atoms with Gasteiger partial charge in [-0.1, -0.05) is 12.1 Å². The maximum Gasteiger partial charge on any atom is 0.223 e. The maximum atomic E-state index is 11.4. The molecule has 2 N–H and O–H groups in total. The lowest BCUT2D eigenvalue weighted by molar-refractivity contribution is -0.117. The van der Waals surface area contributed by atoms with Crippen LogP contribution >= 0.6 is 0 Å². The summed E-state index contributed by atoms with van der Waals surface area (Å²) in [5.41, 5.74) is 11.8. The molecule has 4 aromatic heterocycles. The highest BCUT2D eigenvalue weighted by Gasteiger charge is 2.25. The Balaban J connectivity index is 1.62. The van der Waals surface area contributed by atoms with Crippen LogP contribution in [0.4, 0.5) is 0 Å². The summed E-state index contributed by atoms with van der Waals surface area (Å²) in [7, 11) is 0. The van der Waals surface area contributed by atoms with Gasteiger partial charge in [0.05, 0.1) is 23.5 Å². The standard InChI is InChI=1S/C22H19N5O/c23-20(28)11-16-12-25-21-9-8-15(13-27(16)21)17-3-2-10-24-22(17)19-5-1-4-18(26-19)14-6-7-14/h1-5,8-10,12-14H,6-7,11H2,(H2,23,28). The molecular formula is C22H19N5O. The fourth-order valence-electron chi connectivity index (χ4n) is 3.53. The summed E-state index contributed by atoms with van der Waals surface area (Å²) >= 11 is 0. The van der Waals surface area contributed by atoms with Crippen LogP contribution in [0.25, 0.3) is 28.2 Å². The van der Waals surface area contributed by atoms with Crippen molar-refractivity contribution >= 4 is 11.6 Å². The van der Waals surface area contributed by atoms with E-state index < -0.39 is 0 Å². The molecule has 4 heterocycles. The molecule has 1 fully saturated rings. The van der Waals surface area contributed by atoms with Crippen molar-refractivity contribution in [2.45, 2.75) is 25.2 Å². The van der Waals surface area contributed by atoms with E-state index in [1.165, 1.54) is 12.8 Å². The number of primary amides is 1. The first-order valence-electron chi connectivity index (χ1n) is 9.36. The summed E-state index contributed by atoms with van der Waals surface area (Å²) in [6.45, 7) is 0. The van der Waals surface area contributed by atoms with Gasteiger partial charge in [-0.2, -0.15) is 0 Å². The molecular weight excluding hydrogens is 350 g/mol. The molecule has 1 aliphatic rings. The molecule has 0 spiro atoms. The summed E-state index contributed by atoms with van der Waals surface area (Å²) in [5, 5.41) is 0. The van der Waals surface area contributed by atoms with E-state index in [0.717, 1.165) is 39.5 Å². The smallest absolute Gasteiger partial charge is 0.223 e. The van der Waals surface area contributed by atoms with Crippen molar-refractivity contribution in [3.63, 3.8) is 0 Å². The zero-order valence-corrected chi connectivity index (χ0v) is 15.2. The molecule has 4 aromatic rings. The summed E-state index contributed by atoms with van der Waals surface area (Å²) in [5.74, 6) is 0.209. The molecule has 0 saturated heterocycles. The van der Waals surface area contributed by atoms with Crippen LogP contribution in [-0.4, -0.2) is 25.3 Å². The van der Waals surface area contributed by atoms with Gasteiger partial charge in [-0.3, -0.25) is 14.8 Å². The number of pyridine rings is 3. The maximum absolute atomic E-state index is 11.4. The van der Waals surface area contributed by atoms with Crippen LogP contribution in [0.1, 0.15) is 30.1 Å². The van der Waals surface area contributed by atoms with E-state index in [0.29, 0.717) is 5.92 Å². The Morgan fingerprint density at radius 3 is 2.82 bits per heavy atom. The molecule has 1 aliphatic carbocycles. The topological polar surface area (TPSA) is 86.2 Å². The van der Waals surface area contributed by atoms with Crippen molar-refractivity contribution < 1.29 is 4.79 Å². The highest BCUT2D eigenvalue weighted by Crippen LogP contribution is 2.40. The van der Waals surface area contributed by atoms with Crippen LogP contribution in [0.15, 0.2) is 61.1 Å². The van der Waals surface area contributed by atoms with Crippen LogP contribution in [0.2, 0.25) is 0 Å². The number of carbonyl (C=O) groups excluding carboxylic acids is 1. The van der Waals surface area contributed by atoms with Gasteiger partial charge < -0.3 is 10.1 Å². The summed E-state index contributed by atoms with van der Waals surface area (Å²) < 4.78 is 1.91. The lowest BCUT2D eigenvalue weighted by Gasteiger charge is -2.10. The number of hydrogen-bond donors (Lipinski definition) is 1. The number of amides is 1. The fourth-order valence-corrected chi connectivity index (χ4v) is 3.53. The van der Waals surface area contributed by atoms with Gasteiger partial charge in [0.25, 0.3) is 0 Å². The molecule has 0 atom stereocenters. The van der Waals surface area contributed by atoms with Gasteiger partial charge in [0, 0.05) is 41.3 Å². The minimum atomic E-state index is -0.379. The average Bonchev–Trinajstić information content (AvgIpc) is 3.50. The minimum Gasteiger partial charge on any atom is -0.369 e. The summed E-state index contributed by atoms with van der Waals surface area (Å²) in [4.78, 5) is 25.2. The van der Waals surface area contributed by atoms with Gasteiger partial charge in [-0.15, -0.1) is 0 Å². The molecule has 0 bridgehead atoms. The lowest BCUT2D eigenvalue weighted by Crippen LogP contribution is -2.14. The predicted octanol–water partition coefficient (Wildman–Crippen LogP) is 3.36. The number of nitrogens with two attached hydrogens (primary N) is 1. The van der Waals surface area contributed by atoms with Crippen LogP contribution in [0.5, 0.6) is 0 Å². The van der Waals surface area contributed by atoms with E-state index >= 15 is 0 Å². The largest absolute Gasteiger partial charge is 0.369 e. The molecule has 28 heavy (non-hydrogen) atoms. The molecule has 0 unspecified atom stereocenters. The zero-order chi connectivity index (χ0) is 19.1. The van der Waals surface area contributed by atoms with Crippen molar-refractivity contribution in [3.05, 3.63) is 72.4 Å². The highest BCUT2D eigenvalue weighted by atomic mass is 16.1. The number of imidazole rings is 1. The van der Waals surface area contributed by atoms with Gasteiger partial charge in [-0.25, -0.2) is 4.98 Å². The Morgan fingerprint density at radius 1 is 1.11 bits per heavy atom. The van der Waals surface area contributed by atoms with E-state index in [1.54, 1.807) is 12.4 Å². The third-order valence-electron chi connectivity index (χ3n) is 5.07. The fraction of sp³-hybridized carbons (Fsp3) is 0.182. The molecule has 0 aliphatic heterocycles. The monoisotopic (exact) mass is 369 g/mol. The van der Waals surface area contributed by atoms with Crippen LogP contribution in [0.3, 0.4) is 0 Å². The molecule has 6 nitrogen and oxygen atoms in total. The number of hydrogen-bond acceptors (Lipinski definition) is 4. The second-order valence-electron chi connectivity index (χ2n) is 7.16. The van der Waals surface area contributed by atoms with E-state index in [2.05, 4.69) is 22.1 Å². The van der Waals surface area contributed by atoms with Gasteiger partial charge in [0.2, 0.25) is 5.91 Å². The molecule has 0 aromatic carbocycles. The SMILES string of the molecule is NC(=O)Cc1cnc2ccc(-c3cccnc3-c3cccc(C4CC4)n3)cn12. The van der Waals surface area contributed by atoms with Crippen molar-refractivity contribution in [1.29, 1.82) is 0 Å². The molecule has 1 saturated carbocycles. The normalized spacial score (nSPS) is 13.7. The van der Waals surface area contributed by atoms with E-state index in [9.17, 15) is 4.79 Å². The third kappa shape index (κ3) is 3.03. The third-order valence-corrected chi connectivity index (χ3v) is 5.07. The Kier molecular flexibility index (Phi) is 3.90. The molecule has 5 rings (SSSR count). The number of aromatic nitrogens is 4. The highest BCUT2D eigenvalue weighted by molar-refractivity contribution is 5.80. The van der Waals surface area contributed by atoms with Gasteiger partial charge >= 0.3 is 0 Å². The predicted molar refractivity (Wildman–Crippen MR) is 107 cm³/mol. The first-order chi connectivity index (χ1) is 13.7. The van der Waals surface area contributed by atoms with Gasteiger partial charge in [-0.05, 0) is 43.2 Å². The van der Waals surface area contributed by atoms with Crippen molar-refractivity contribution in [2.75, 3.05) is 0 Å². The summed E-state index contributed by atoms with van der Waals surface area (Å²) in [6.07, 6.45) is 8.03. The van der Waals surface area contributed by atoms with Gasteiger partial charge in [0.1, 0.15) is 5.65 Å². The molecule has 1 amide bonds. The van der Waals surface area contributed by atoms with E-state index in [-0.39, 0.29) is 12.3 Å². The van der Waals surface area contributed by atoms with Crippen LogP contribution in [-0.2, 0) is 11.2 Å². The van der Waals surface area contributed by atoms with E-state index in [1.807, 2.05) is 40.9 Å². The Hall–Kier alpha value is -3.54. The minimum absolute atomic E-state index is 0.148. The second-order valence-corrected chi connectivity index (χ2v) is 7.16.